The lowest BCUT2D eigenvalue weighted by molar-refractivity contribution is 0.207. The van der Waals surface area contributed by atoms with Crippen LogP contribution in [0.2, 0.25) is 0 Å². The van der Waals surface area contributed by atoms with Crippen molar-refractivity contribution in [3.8, 4) is 17.0 Å². The Morgan fingerprint density at radius 2 is 1.70 bits per heavy atom. The van der Waals surface area contributed by atoms with Crippen LogP contribution >= 0.6 is 0 Å². The summed E-state index contributed by atoms with van der Waals surface area (Å²) < 4.78 is 5.31. The second-order valence-corrected chi connectivity index (χ2v) is 7.86. The van der Waals surface area contributed by atoms with Crippen molar-refractivity contribution in [1.29, 1.82) is 0 Å². The van der Waals surface area contributed by atoms with Crippen LogP contribution in [-0.4, -0.2) is 27.2 Å². The van der Waals surface area contributed by atoms with E-state index < -0.39 is 6.23 Å². The molecule has 4 rings (SSSR count). The predicted octanol–water partition coefficient (Wildman–Crippen LogP) is 5.13. The van der Waals surface area contributed by atoms with Gasteiger partial charge < -0.3 is 20.5 Å². The van der Waals surface area contributed by atoms with Gasteiger partial charge in [0.15, 0.2) is 6.23 Å². The third kappa shape index (κ3) is 5.64. The van der Waals surface area contributed by atoms with Gasteiger partial charge in [0.1, 0.15) is 11.6 Å². The van der Waals surface area contributed by atoms with E-state index in [4.69, 9.17) is 9.72 Å². The van der Waals surface area contributed by atoms with E-state index in [9.17, 15) is 5.11 Å². The van der Waals surface area contributed by atoms with Gasteiger partial charge in [-0.15, -0.1) is 0 Å². The predicted molar refractivity (Wildman–Crippen MR) is 130 cm³/mol. The summed E-state index contributed by atoms with van der Waals surface area (Å²) >= 11 is 0. The van der Waals surface area contributed by atoms with E-state index in [1.165, 1.54) is 0 Å². The molecule has 0 saturated carbocycles. The molecule has 0 aliphatic rings. The van der Waals surface area contributed by atoms with Crippen molar-refractivity contribution in [2.75, 3.05) is 17.7 Å². The lowest BCUT2D eigenvalue weighted by Crippen LogP contribution is -2.12. The highest BCUT2D eigenvalue weighted by Crippen LogP contribution is 2.26. The highest BCUT2D eigenvalue weighted by Gasteiger charge is 2.12. The lowest BCUT2D eigenvalue weighted by atomic mass is 10.1. The molecule has 0 spiro atoms. The molecule has 7 nitrogen and oxygen atoms in total. The van der Waals surface area contributed by atoms with Crippen LogP contribution in [0.1, 0.15) is 35.9 Å². The summed E-state index contributed by atoms with van der Waals surface area (Å²) in [7, 11) is 1.64. The molecule has 2 heterocycles. The smallest absolute Gasteiger partial charge is 0.152 e. The van der Waals surface area contributed by atoms with Gasteiger partial charge in [0.25, 0.3) is 0 Å². The molecule has 2 atom stereocenters. The van der Waals surface area contributed by atoms with Gasteiger partial charge in [0, 0.05) is 29.2 Å². The Labute approximate surface area is 193 Å². The van der Waals surface area contributed by atoms with Crippen LogP contribution in [0.5, 0.6) is 5.75 Å². The van der Waals surface area contributed by atoms with Crippen molar-refractivity contribution in [3.05, 3.63) is 96.1 Å². The van der Waals surface area contributed by atoms with Gasteiger partial charge in [0.2, 0.25) is 0 Å². The maximum atomic E-state index is 10.5. The van der Waals surface area contributed by atoms with Crippen LogP contribution < -0.4 is 15.4 Å². The van der Waals surface area contributed by atoms with Crippen molar-refractivity contribution >= 4 is 11.5 Å². The number of benzene rings is 2. The van der Waals surface area contributed by atoms with Crippen LogP contribution in [0.15, 0.2) is 79.4 Å². The second-order valence-electron chi connectivity index (χ2n) is 7.86. The van der Waals surface area contributed by atoms with Crippen molar-refractivity contribution < 1.29 is 9.84 Å². The van der Waals surface area contributed by atoms with E-state index in [-0.39, 0.29) is 6.04 Å². The number of methoxy groups -OCH3 is 1. The maximum absolute atomic E-state index is 10.5. The molecule has 1 unspecified atom stereocenters. The molecule has 2 aromatic carbocycles. The molecule has 0 saturated heterocycles. The van der Waals surface area contributed by atoms with E-state index in [1.54, 1.807) is 31.9 Å². The molecule has 168 valence electrons. The average Bonchev–Trinajstić information content (AvgIpc) is 2.84. The fourth-order valence-electron chi connectivity index (χ4n) is 3.53. The van der Waals surface area contributed by atoms with Crippen LogP contribution in [0.4, 0.5) is 11.5 Å². The summed E-state index contributed by atoms with van der Waals surface area (Å²) in [6.07, 6.45) is 6.01. The minimum absolute atomic E-state index is 0.0283. The lowest BCUT2D eigenvalue weighted by Gasteiger charge is -2.18. The molecular formula is C26H27N5O2. The SMILES string of the molecule is COc1cccc(-c2cncc(N[C@@H](C)c3cccc(NC(O)c4cncc(C)c4)c3)n2)c1. The first kappa shape index (κ1) is 22.2. The summed E-state index contributed by atoms with van der Waals surface area (Å²) in [5, 5.41) is 17.1. The number of aryl methyl sites for hydroxylation is 1. The minimum Gasteiger partial charge on any atom is -0.497 e. The van der Waals surface area contributed by atoms with E-state index in [0.29, 0.717) is 5.82 Å². The Hall–Kier alpha value is -3.97. The number of nitrogens with zero attached hydrogens (tertiary/aromatic N) is 3. The molecular weight excluding hydrogens is 414 g/mol. The summed E-state index contributed by atoms with van der Waals surface area (Å²) in [5.41, 5.74) is 5.27. The number of aliphatic hydroxyl groups excluding tert-OH is 1. The first-order valence-electron chi connectivity index (χ1n) is 10.7. The topological polar surface area (TPSA) is 92.2 Å². The third-order valence-electron chi connectivity index (χ3n) is 5.27. The van der Waals surface area contributed by atoms with E-state index in [2.05, 4.69) is 27.5 Å². The van der Waals surface area contributed by atoms with Crippen molar-refractivity contribution in [2.24, 2.45) is 0 Å². The fraction of sp³-hybridized carbons (Fsp3) is 0.192. The molecule has 7 heteroatoms. The van der Waals surface area contributed by atoms with Crippen LogP contribution in [0, 0.1) is 6.92 Å². The molecule has 0 aliphatic carbocycles. The quantitative estimate of drug-likeness (QED) is 0.326. The molecule has 2 aromatic heterocycles. The molecule has 33 heavy (non-hydrogen) atoms. The monoisotopic (exact) mass is 441 g/mol. The summed E-state index contributed by atoms with van der Waals surface area (Å²) in [4.78, 5) is 13.2. The molecule has 4 aromatic rings. The van der Waals surface area contributed by atoms with Gasteiger partial charge in [0.05, 0.1) is 31.2 Å². The van der Waals surface area contributed by atoms with Gasteiger partial charge in [-0.05, 0) is 55.3 Å². The highest BCUT2D eigenvalue weighted by atomic mass is 16.5. The first-order chi connectivity index (χ1) is 16.0. The summed E-state index contributed by atoms with van der Waals surface area (Å²) in [5.74, 6) is 1.45. The number of nitrogens with one attached hydrogen (secondary N) is 2. The standard InChI is InChI=1S/C26H27N5O2/c1-17-10-21(14-27-13-17)26(32)30-22-8-4-6-19(11-22)18(2)29-25-16-28-15-24(31-25)20-7-5-9-23(12-20)33-3/h4-16,18,26,30,32H,1-3H3,(H,29,31)/t18-,26?/m0/s1. The van der Waals surface area contributed by atoms with Crippen molar-refractivity contribution in [3.63, 3.8) is 0 Å². The molecule has 3 N–H and O–H groups in total. The summed E-state index contributed by atoms with van der Waals surface area (Å²) in [6.45, 7) is 4.00. The molecule has 0 amide bonds. The number of anilines is 2. The number of ether oxygens (including phenoxy) is 1. The van der Waals surface area contributed by atoms with Gasteiger partial charge in [-0.25, -0.2) is 4.98 Å². The average molecular weight is 442 g/mol. The zero-order chi connectivity index (χ0) is 23.2. The normalized spacial score (nSPS) is 12.6. The maximum Gasteiger partial charge on any atom is 0.152 e. The van der Waals surface area contributed by atoms with Gasteiger partial charge >= 0.3 is 0 Å². The third-order valence-corrected chi connectivity index (χ3v) is 5.27. The van der Waals surface area contributed by atoms with E-state index in [1.807, 2.05) is 61.5 Å². The second kappa shape index (κ2) is 10.1. The molecule has 0 aliphatic heterocycles. The minimum atomic E-state index is -0.846. The van der Waals surface area contributed by atoms with Crippen LogP contribution in [0.25, 0.3) is 11.3 Å². The zero-order valence-corrected chi connectivity index (χ0v) is 18.9. The molecule has 0 radical (unpaired) electrons. The fourth-order valence-corrected chi connectivity index (χ4v) is 3.53. The van der Waals surface area contributed by atoms with Crippen molar-refractivity contribution in [1.82, 2.24) is 15.0 Å². The first-order valence-corrected chi connectivity index (χ1v) is 10.7. The Morgan fingerprint density at radius 1 is 0.879 bits per heavy atom. The van der Waals surface area contributed by atoms with E-state index >= 15 is 0 Å². The number of pyridine rings is 1. The largest absolute Gasteiger partial charge is 0.497 e. The molecule has 0 fully saturated rings. The zero-order valence-electron chi connectivity index (χ0n) is 18.9. The Morgan fingerprint density at radius 3 is 2.52 bits per heavy atom. The number of aromatic nitrogens is 3. The van der Waals surface area contributed by atoms with Crippen LogP contribution in [0.3, 0.4) is 0 Å². The number of aliphatic hydroxyl groups is 1. The van der Waals surface area contributed by atoms with E-state index in [0.717, 1.165) is 39.4 Å². The molecule has 0 bridgehead atoms. The van der Waals surface area contributed by atoms with Crippen molar-refractivity contribution in [2.45, 2.75) is 26.1 Å². The van der Waals surface area contributed by atoms with Gasteiger partial charge in [-0.2, -0.15) is 0 Å². The Balaban J connectivity index is 1.47. The van der Waals surface area contributed by atoms with Gasteiger partial charge in [-0.3, -0.25) is 9.97 Å². The number of rotatable bonds is 8. The number of hydrogen-bond acceptors (Lipinski definition) is 7. The Kier molecular flexibility index (Phi) is 6.80. The van der Waals surface area contributed by atoms with Crippen LogP contribution in [-0.2, 0) is 0 Å². The summed E-state index contributed by atoms with van der Waals surface area (Å²) in [6, 6.07) is 17.5. The number of hydrogen-bond donors (Lipinski definition) is 3. The highest BCUT2D eigenvalue weighted by molar-refractivity contribution is 5.62. The Bertz CT molecular complexity index is 1230. The van der Waals surface area contributed by atoms with Gasteiger partial charge in [-0.1, -0.05) is 24.3 Å².